The molecule has 2 N–H and O–H groups in total. The molecule has 1 saturated carbocycles. The van der Waals surface area contributed by atoms with Crippen LogP contribution in [0.5, 0.6) is 11.5 Å². The molecule has 2 aromatic rings. The number of benzene rings is 2. The molecule has 0 amide bonds. The van der Waals surface area contributed by atoms with Gasteiger partial charge < -0.3 is 10.2 Å². The first-order valence-corrected chi connectivity index (χ1v) is 9.33. The molecular weight excluding hydrogens is 324 g/mol. The SMILES string of the molecule is Oc1ccccc1C=NCCC1CCCCC1N=Cc1ccccc1O. The Labute approximate surface area is 155 Å². The van der Waals surface area contributed by atoms with Crippen LogP contribution in [0.3, 0.4) is 0 Å². The third kappa shape index (κ3) is 4.94. The minimum absolute atomic E-state index is 0.263. The van der Waals surface area contributed by atoms with Gasteiger partial charge in [0, 0.05) is 30.1 Å². The van der Waals surface area contributed by atoms with Crippen molar-refractivity contribution in [2.75, 3.05) is 6.54 Å². The number of nitrogens with zero attached hydrogens (tertiary/aromatic N) is 2. The second-order valence-corrected chi connectivity index (χ2v) is 6.83. The van der Waals surface area contributed by atoms with Crippen LogP contribution < -0.4 is 0 Å². The van der Waals surface area contributed by atoms with Crippen molar-refractivity contribution in [3.63, 3.8) is 0 Å². The van der Waals surface area contributed by atoms with Crippen LogP contribution in [0.4, 0.5) is 0 Å². The summed E-state index contributed by atoms with van der Waals surface area (Å²) < 4.78 is 0. The van der Waals surface area contributed by atoms with Gasteiger partial charge in [0.1, 0.15) is 11.5 Å². The number of phenolic OH excluding ortho intramolecular Hbond substituents is 2. The highest BCUT2D eigenvalue weighted by Crippen LogP contribution is 2.29. The summed E-state index contributed by atoms with van der Waals surface area (Å²) in [6.45, 7) is 0.738. The first kappa shape index (κ1) is 18.2. The van der Waals surface area contributed by atoms with E-state index in [0.717, 1.165) is 30.5 Å². The molecule has 1 aliphatic rings. The lowest BCUT2D eigenvalue weighted by Crippen LogP contribution is -2.24. The van der Waals surface area contributed by atoms with E-state index in [1.165, 1.54) is 19.3 Å². The average Bonchev–Trinajstić information content (AvgIpc) is 2.67. The van der Waals surface area contributed by atoms with Crippen LogP contribution in [0, 0.1) is 5.92 Å². The predicted molar refractivity (Wildman–Crippen MR) is 107 cm³/mol. The fraction of sp³-hybridized carbons (Fsp3) is 0.364. The van der Waals surface area contributed by atoms with Gasteiger partial charge in [0.2, 0.25) is 0 Å². The smallest absolute Gasteiger partial charge is 0.124 e. The highest BCUT2D eigenvalue weighted by molar-refractivity contribution is 5.83. The first-order chi connectivity index (χ1) is 12.7. The maximum absolute atomic E-state index is 9.88. The fourth-order valence-electron chi connectivity index (χ4n) is 3.49. The van der Waals surface area contributed by atoms with Gasteiger partial charge >= 0.3 is 0 Å². The average molecular weight is 350 g/mol. The number of aliphatic imine (C=N–C) groups is 2. The zero-order chi connectivity index (χ0) is 18.2. The quantitative estimate of drug-likeness (QED) is 0.749. The molecule has 136 valence electrons. The van der Waals surface area contributed by atoms with Crippen LogP contribution >= 0.6 is 0 Å². The van der Waals surface area contributed by atoms with Gasteiger partial charge in [-0.15, -0.1) is 0 Å². The molecule has 26 heavy (non-hydrogen) atoms. The Morgan fingerprint density at radius 3 is 2.15 bits per heavy atom. The van der Waals surface area contributed by atoms with E-state index in [9.17, 15) is 10.2 Å². The molecule has 0 aromatic heterocycles. The summed E-state index contributed by atoms with van der Waals surface area (Å²) in [5, 5.41) is 19.6. The second kappa shape index (κ2) is 9.18. The molecule has 2 unspecified atom stereocenters. The molecule has 0 aliphatic heterocycles. The zero-order valence-electron chi connectivity index (χ0n) is 15.0. The van der Waals surface area contributed by atoms with Gasteiger partial charge in [0.05, 0.1) is 6.04 Å². The summed E-state index contributed by atoms with van der Waals surface area (Å²) in [5.41, 5.74) is 1.53. The molecule has 0 spiro atoms. The summed E-state index contributed by atoms with van der Waals surface area (Å²) >= 11 is 0. The molecule has 0 bridgehead atoms. The number of phenols is 2. The number of aromatic hydroxyl groups is 2. The maximum Gasteiger partial charge on any atom is 0.124 e. The summed E-state index contributed by atoms with van der Waals surface area (Å²) in [6.07, 6.45) is 9.28. The Morgan fingerprint density at radius 2 is 1.46 bits per heavy atom. The van der Waals surface area contributed by atoms with Gasteiger partial charge in [-0.05, 0) is 49.4 Å². The van der Waals surface area contributed by atoms with Gasteiger partial charge in [-0.25, -0.2) is 0 Å². The van der Waals surface area contributed by atoms with Gasteiger partial charge in [-0.1, -0.05) is 37.1 Å². The second-order valence-electron chi connectivity index (χ2n) is 6.83. The van der Waals surface area contributed by atoms with Crippen LogP contribution in [0.25, 0.3) is 0 Å². The normalized spacial score (nSPS) is 20.8. The van der Waals surface area contributed by atoms with E-state index in [2.05, 4.69) is 4.99 Å². The molecule has 3 rings (SSSR count). The van der Waals surface area contributed by atoms with Crippen molar-refractivity contribution < 1.29 is 10.2 Å². The maximum atomic E-state index is 9.88. The number of para-hydroxylation sites is 2. The third-order valence-corrected chi connectivity index (χ3v) is 5.01. The summed E-state index contributed by atoms with van der Waals surface area (Å²) in [6, 6.07) is 14.8. The van der Waals surface area contributed by atoms with E-state index < -0.39 is 0 Å². The van der Waals surface area contributed by atoms with Crippen LogP contribution in [0.15, 0.2) is 58.5 Å². The van der Waals surface area contributed by atoms with Gasteiger partial charge in [-0.2, -0.15) is 0 Å². The molecule has 0 radical (unpaired) electrons. The predicted octanol–water partition coefficient (Wildman–Crippen LogP) is 4.58. The third-order valence-electron chi connectivity index (χ3n) is 5.01. The van der Waals surface area contributed by atoms with E-state index in [1.807, 2.05) is 42.6 Å². The van der Waals surface area contributed by atoms with Gasteiger partial charge in [0.15, 0.2) is 0 Å². The largest absolute Gasteiger partial charge is 0.507 e. The Morgan fingerprint density at radius 1 is 0.846 bits per heavy atom. The number of hydrogen-bond acceptors (Lipinski definition) is 4. The number of hydrogen-bond donors (Lipinski definition) is 2. The van der Waals surface area contributed by atoms with E-state index >= 15 is 0 Å². The lowest BCUT2D eigenvalue weighted by Gasteiger charge is -2.28. The van der Waals surface area contributed by atoms with E-state index in [4.69, 9.17) is 4.99 Å². The Hall–Kier alpha value is -2.62. The lowest BCUT2D eigenvalue weighted by molar-refractivity contribution is 0.298. The minimum atomic E-state index is 0.263. The molecule has 4 nitrogen and oxygen atoms in total. The van der Waals surface area contributed by atoms with Crippen molar-refractivity contribution in [2.45, 2.75) is 38.1 Å². The first-order valence-electron chi connectivity index (χ1n) is 9.33. The van der Waals surface area contributed by atoms with Crippen molar-refractivity contribution in [3.8, 4) is 11.5 Å². The van der Waals surface area contributed by atoms with Crippen molar-refractivity contribution in [3.05, 3.63) is 59.7 Å². The van der Waals surface area contributed by atoms with Crippen molar-refractivity contribution >= 4 is 12.4 Å². The van der Waals surface area contributed by atoms with E-state index in [1.54, 1.807) is 18.3 Å². The monoisotopic (exact) mass is 350 g/mol. The molecule has 0 saturated heterocycles. The Kier molecular flexibility index (Phi) is 6.42. The fourth-order valence-corrected chi connectivity index (χ4v) is 3.49. The van der Waals surface area contributed by atoms with Crippen LogP contribution in [-0.2, 0) is 0 Å². The number of rotatable bonds is 6. The highest BCUT2D eigenvalue weighted by atomic mass is 16.3. The van der Waals surface area contributed by atoms with Crippen molar-refractivity contribution in [1.29, 1.82) is 0 Å². The summed E-state index contributed by atoms with van der Waals surface area (Å²) in [5.74, 6) is 1.06. The van der Waals surface area contributed by atoms with Gasteiger partial charge in [0.25, 0.3) is 0 Å². The minimum Gasteiger partial charge on any atom is -0.507 e. The topological polar surface area (TPSA) is 65.2 Å². The molecule has 1 aliphatic carbocycles. The van der Waals surface area contributed by atoms with Gasteiger partial charge in [-0.3, -0.25) is 9.98 Å². The Bertz CT molecular complexity index is 770. The molecule has 0 heterocycles. The summed E-state index contributed by atoms with van der Waals surface area (Å²) in [4.78, 5) is 9.26. The molecule has 1 fully saturated rings. The Balaban J connectivity index is 1.57. The molecule has 4 heteroatoms. The molecule has 2 atom stereocenters. The van der Waals surface area contributed by atoms with E-state index in [0.29, 0.717) is 12.0 Å². The van der Waals surface area contributed by atoms with E-state index in [-0.39, 0.29) is 11.5 Å². The van der Waals surface area contributed by atoms with Crippen molar-refractivity contribution in [1.82, 2.24) is 0 Å². The molecule has 2 aromatic carbocycles. The van der Waals surface area contributed by atoms with Crippen LogP contribution in [-0.4, -0.2) is 35.2 Å². The van der Waals surface area contributed by atoms with Crippen LogP contribution in [0.2, 0.25) is 0 Å². The molecular formula is C22H26N2O2. The standard InChI is InChI=1S/C22H26N2O2/c25-21-11-5-2-8-18(21)15-23-14-13-17-7-1-4-10-20(17)24-16-19-9-3-6-12-22(19)26/h2-3,5-6,8-9,11-12,15-17,20,25-26H,1,4,7,10,13-14H2. The highest BCUT2D eigenvalue weighted by Gasteiger charge is 2.23. The van der Waals surface area contributed by atoms with Crippen molar-refractivity contribution in [2.24, 2.45) is 15.9 Å². The lowest BCUT2D eigenvalue weighted by atomic mass is 9.83. The summed E-state index contributed by atoms with van der Waals surface area (Å²) in [7, 11) is 0. The van der Waals surface area contributed by atoms with Crippen LogP contribution in [0.1, 0.15) is 43.2 Å². The zero-order valence-corrected chi connectivity index (χ0v) is 15.0.